The molecular formula is C18H18N4O4S. The van der Waals surface area contributed by atoms with Crippen molar-refractivity contribution < 1.29 is 19.2 Å². The Bertz CT molecular complexity index is 1040. The topological polar surface area (TPSA) is 118 Å². The number of carbonyl (C=O) groups excluding carboxylic acids is 1. The maximum absolute atomic E-state index is 12.9. The number of fused-ring (bicyclic) bond motifs is 1. The van der Waals surface area contributed by atoms with Crippen LogP contribution in [0.5, 0.6) is 0 Å². The molecule has 0 unspecified atom stereocenters. The Morgan fingerprint density at radius 2 is 2.15 bits per heavy atom. The first-order valence-corrected chi connectivity index (χ1v) is 9.58. The highest BCUT2D eigenvalue weighted by Crippen LogP contribution is 2.41. The Hall–Kier alpha value is -2.81. The van der Waals surface area contributed by atoms with Gasteiger partial charge in [-0.3, -0.25) is 4.79 Å². The number of rotatable bonds is 6. The first-order valence-electron chi connectivity index (χ1n) is 8.70. The molecule has 1 aliphatic rings. The number of amides is 1. The van der Waals surface area contributed by atoms with Gasteiger partial charge in [0.15, 0.2) is 5.69 Å². The predicted molar refractivity (Wildman–Crippen MR) is 98.1 cm³/mol. The summed E-state index contributed by atoms with van der Waals surface area (Å²) in [7, 11) is 0. The van der Waals surface area contributed by atoms with E-state index in [2.05, 4.69) is 20.4 Å². The van der Waals surface area contributed by atoms with Gasteiger partial charge in [-0.2, -0.15) is 0 Å². The van der Waals surface area contributed by atoms with Gasteiger partial charge in [-0.25, -0.2) is 14.8 Å². The lowest BCUT2D eigenvalue weighted by atomic mass is 10.0. The molecule has 0 atom stereocenters. The van der Waals surface area contributed by atoms with Crippen LogP contribution >= 0.6 is 11.3 Å². The van der Waals surface area contributed by atoms with Crippen LogP contribution in [-0.2, 0) is 6.54 Å². The fourth-order valence-electron chi connectivity index (χ4n) is 2.90. The molecule has 1 saturated carbocycles. The van der Waals surface area contributed by atoms with E-state index in [-0.39, 0.29) is 24.1 Å². The molecule has 8 nitrogen and oxygen atoms in total. The monoisotopic (exact) mass is 386 g/mol. The number of thiazole rings is 1. The van der Waals surface area contributed by atoms with Gasteiger partial charge >= 0.3 is 5.97 Å². The molecule has 2 N–H and O–H groups in total. The quantitative estimate of drug-likeness (QED) is 0.667. The van der Waals surface area contributed by atoms with Crippen LogP contribution in [0.15, 0.2) is 16.0 Å². The van der Waals surface area contributed by atoms with Crippen LogP contribution in [0.25, 0.3) is 11.1 Å². The summed E-state index contributed by atoms with van der Waals surface area (Å²) in [6, 6.07) is 1.82. The van der Waals surface area contributed by atoms with E-state index in [0.717, 1.165) is 18.5 Å². The van der Waals surface area contributed by atoms with E-state index in [9.17, 15) is 9.59 Å². The van der Waals surface area contributed by atoms with E-state index in [4.69, 9.17) is 9.63 Å². The average Bonchev–Trinajstić information content (AvgIpc) is 3.21. The molecule has 27 heavy (non-hydrogen) atoms. The Morgan fingerprint density at radius 1 is 1.37 bits per heavy atom. The van der Waals surface area contributed by atoms with Crippen molar-refractivity contribution in [3.05, 3.63) is 39.1 Å². The van der Waals surface area contributed by atoms with Gasteiger partial charge in [-0.1, -0.05) is 19.0 Å². The molecule has 4 rings (SSSR count). The van der Waals surface area contributed by atoms with E-state index in [0.29, 0.717) is 33.3 Å². The van der Waals surface area contributed by atoms with Crippen LogP contribution in [-0.4, -0.2) is 32.1 Å². The van der Waals surface area contributed by atoms with E-state index in [1.54, 1.807) is 0 Å². The summed E-state index contributed by atoms with van der Waals surface area (Å²) >= 11 is 1.20. The molecular weight excluding hydrogens is 368 g/mol. The van der Waals surface area contributed by atoms with Crippen molar-refractivity contribution in [2.75, 3.05) is 0 Å². The van der Waals surface area contributed by atoms with Crippen molar-refractivity contribution in [1.29, 1.82) is 0 Å². The molecule has 0 spiro atoms. The number of carboxylic acids is 1. The lowest BCUT2D eigenvalue weighted by Gasteiger charge is -2.08. The molecule has 3 aromatic rings. The summed E-state index contributed by atoms with van der Waals surface area (Å²) in [5, 5.41) is 18.5. The second kappa shape index (κ2) is 6.73. The molecule has 3 aromatic heterocycles. The fourth-order valence-corrected chi connectivity index (χ4v) is 3.60. The Labute approximate surface area is 158 Å². The first-order chi connectivity index (χ1) is 12.9. The van der Waals surface area contributed by atoms with Crippen molar-refractivity contribution in [2.45, 2.75) is 45.1 Å². The SMILES string of the molecule is CC(C)c1noc2nc(C3CC3)cc(C(=O)NCc3nc(C(=O)O)cs3)c12. The number of pyridine rings is 1. The van der Waals surface area contributed by atoms with Crippen molar-refractivity contribution >= 4 is 34.3 Å². The normalized spacial score (nSPS) is 14.0. The Kier molecular flexibility index (Phi) is 4.39. The van der Waals surface area contributed by atoms with Gasteiger partial charge in [0.05, 0.1) is 23.2 Å². The van der Waals surface area contributed by atoms with Crippen molar-refractivity contribution in [1.82, 2.24) is 20.4 Å². The molecule has 0 radical (unpaired) electrons. The minimum absolute atomic E-state index is 0.0206. The number of hydrogen-bond acceptors (Lipinski definition) is 7. The highest BCUT2D eigenvalue weighted by Gasteiger charge is 2.29. The second-order valence-corrected chi connectivity index (χ2v) is 7.83. The summed E-state index contributed by atoms with van der Waals surface area (Å²) < 4.78 is 5.40. The minimum Gasteiger partial charge on any atom is -0.476 e. The predicted octanol–water partition coefficient (Wildman–Crippen LogP) is 3.31. The highest BCUT2D eigenvalue weighted by atomic mass is 32.1. The van der Waals surface area contributed by atoms with Gasteiger partial charge in [-0.15, -0.1) is 11.3 Å². The molecule has 1 aliphatic carbocycles. The summed E-state index contributed by atoms with van der Waals surface area (Å²) in [6.07, 6.45) is 2.11. The zero-order valence-electron chi connectivity index (χ0n) is 14.9. The third-order valence-corrected chi connectivity index (χ3v) is 5.30. The average molecular weight is 386 g/mol. The van der Waals surface area contributed by atoms with Crippen molar-refractivity contribution in [2.24, 2.45) is 0 Å². The largest absolute Gasteiger partial charge is 0.476 e. The van der Waals surface area contributed by atoms with Gasteiger partial charge < -0.3 is 14.9 Å². The third-order valence-electron chi connectivity index (χ3n) is 4.45. The van der Waals surface area contributed by atoms with Crippen LogP contribution in [0.3, 0.4) is 0 Å². The van der Waals surface area contributed by atoms with Gasteiger partial charge in [0.25, 0.3) is 11.6 Å². The number of hydrogen-bond donors (Lipinski definition) is 2. The number of aromatic carboxylic acids is 1. The molecule has 0 saturated heterocycles. The zero-order valence-corrected chi connectivity index (χ0v) is 15.7. The molecule has 3 heterocycles. The summed E-state index contributed by atoms with van der Waals surface area (Å²) in [4.78, 5) is 32.4. The number of nitrogens with one attached hydrogen (secondary N) is 1. The second-order valence-electron chi connectivity index (χ2n) is 6.89. The van der Waals surface area contributed by atoms with Gasteiger partial charge in [0.2, 0.25) is 0 Å². The van der Waals surface area contributed by atoms with Crippen molar-refractivity contribution in [3.63, 3.8) is 0 Å². The molecule has 0 aliphatic heterocycles. The lowest BCUT2D eigenvalue weighted by Crippen LogP contribution is -2.23. The van der Waals surface area contributed by atoms with E-state index in [1.807, 2.05) is 19.9 Å². The molecule has 140 valence electrons. The number of nitrogens with zero attached hydrogens (tertiary/aromatic N) is 3. The molecule has 0 bridgehead atoms. The van der Waals surface area contributed by atoms with E-state index in [1.165, 1.54) is 16.7 Å². The number of carbonyl (C=O) groups is 2. The maximum Gasteiger partial charge on any atom is 0.355 e. The lowest BCUT2D eigenvalue weighted by molar-refractivity contribution is 0.0691. The van der Waals surface area contributed by atoms with Gasteiger partial charge in [-0.05, 0) is 24.8 Å². The summed E-state index contributed by atoms with van der Waals surface area (Å²) in [6.45, 7) is 4.12. The molecule has 1 fully saturated rings. The number of aromatic nitrogens is 3. The Balaban J connectivity index is 1.64. The Morgan fingerprint density at radius 3 is 2.78 bits per heavy atom. The van der Waals surface area contributed by atoms with Gasteiger partial charge in [0, 0.05) is 17.0 Å². The molecule has 0 aromatic carbocycles. The van der Waals surface area contributed by atoms with Crippen LogP contribution in [0.1, 0.15) is 75.8 Å². The highest BCUT2D eigenvalue weighted by molar-refractivity contribution is 7.09. The minimum atomic E-state index is -1.08. The summed E-state index contributed by atoms with van der Waals surface area (Å²) in [5.74, 6) is -0.907. The fraction of sp³-hybridized carbons (Fsp3) is 0.389. The van der Waals surface area contributed by atoms with E-state index < -0.39 is 5.97 Å². The van der Waals surface area contributed by atoms with Gasteiger partial charge in [0.1, 0.15) is 5.01 Å². The maximum atomic E-state index is 12.9. The van der Waals surface area contributed by atoms with Crippen LogP contribution in [0.4, 0.5) is 0 Å². The van der Waals surface area contributed by atoms with Crippen LogP contribution in [0.2, 0.25) is 0 Å². The standard InChI is InChI=1S/C18H18N4O4S/c1-8(2)15-14-10(5-11(9-3-4-9)21-17(14)26-22-15)16(23)19-6-13-20-12(7-27-13)18(24)25/h5,7-9H,3-4,6H2,1-2H3,(H,19,23)(H,24,25). The number of carboxylic acid groups (broad SMARTS) is 1. The smallest absolute Gasteiger partial charge is 0.355 e. The van der Waals surface area contributed by atoms with E-state index >= 15 is 0 Å². The molecule has 1 amide bonds. The zero-order chi connectivity index (χ0) is 19.1. The third kappa shape index (κ3) is 3.42. The van der Waals surface area contributed by atoms with Crippen LogP contribution < -0.4 is 5.32 Å². The van der Waals surface area contributed by atoms with Crippen LogP contribution in [0, 0.1) is 0 Å². The molecule has 9 heteroatoms. The van der Waals surface area contributed by atoms with Crippen molar-refractivity contribution in [3.8, 4) is 0 Å². The summed E-state index contributed by atoms with van der Waals surface area (Å²) in [5.41, 5.74) is 2.40. The first kappa shape index (κ1) is 17.6.